The molecule has 0 aromatic heterocycles. The highest BCUT2D eigenvalue weighted by molar-refractivity contribution is 6.07. The minimum absolute atomic E-state index is 1.19. The molecule has 3 aromatic rings. The largest absolute Gasteiger partial charge is 0.0616 e. The SMILES string of the molecule is [c]1cccc2c1ccc1ccccc12. The molecule has 0 aliphatic heterocycles. The van der Waals surface area contributed by atoms with Gasteiger partial charge in [0.05, 0.1) is 0 Å². The lowest BCUT2D eigenvalue weighted by atomic mass is 10.0. The summed E-state index contributed by atoms with van der Waals surface area (Å²) in [5, 5.41) is 5.07. The van der Waals surface area contributed by atoms with Crippen molar-refractivity contribution in [2.45, 2.75) is 0 Å². The second-order valence-electron chi connectivity index (χ2n) is 3.42. The van der Waals surface area contributed by atoms with E-state index in [4.69, 9.17) is 0 Å². The van der Waals surface area contributed by atoms with Crippen LogP contribution in [0.5, 0.6) is 0 Å². The van der Waals surface area contributed by atoms with Crippen molar-refractivity contribution in [1.82, 2.24) is 0 Å². The van der Waals surface area contributed by atoms with Crippen LogP contribution in [-0.4, -0.2) is 0 Å². The molecule has 0 atom stereocenters. The third-order valence-corrected chi connectivity index (χ3v) is 2.57. The standard InChI is InChI=1S/C14H9/c1-3-7-13-11(5-1)9-10-12-6-2-4-8-14(12)13/h1-5,7-10H. The highest BCUT2D eigenvalue weighted by Crippen LogP contribution is 2.24. The van der Waals surface area contributed by atoms with Gasteiger partial charge in [0.2, 0.25) is 0 Å². The Balaban J connectivity index is 2.61. The molecular weight excluding hydrogens is 168 g/mol. The van der Waals surface area contributed by atoms with E-state index in [9.17, 15) is 0 Å². The van der Waals surface area contributed by atoms with E-state index in [1.54, 1.807) is 0 Å². The van der Waals surface area contributed by atoms with Gasteiger partial charge in [-0.15, -0.1) is 0 Å². The van der Waals surface area contributed by atoms with E-state index in [2.05, 4.69) is 48.5 Å². The number of benzene rings is 3. The Hall–Kier alpha value is -1.82. The van der Waals surface area contributed by atoms with E-state index in [0.29, 0.717) is 0 Å². The Bertz CT molecular complexity index is 539. The van der Waals surface area contributed by atoms with E-state index < -0.39 is 0 Å². The van der Waals surface area contributed by atoms with Gasteiger partial charge in [-0.05, 0) is 27.6 Å². The lowest BCUT2D eigenvalue weighted by molar-refractivity contribution is 1.76. The summed E-state index contributed by atoms with van der Waals surface area (Å²) in [6, 6.07) is 22.1. The maximum absolute atomic E-state index is 3.24. The Labute approximate surface area is 82.8 Å². The first-order valence-electron chi connectivity index (χ1n) is 4.73. The van der Waals surface area contributed by atoms with Crippen molar-refractivity contribution >= 4 is 21.5 Å². The molecule has 0 amide bonds. The molecule has 0 aliphatic rings. The fraction of sp³-hybridized carbons (Fsp3) is 0. The second kappa shape index (κ2) is 2.85. The van der Waals surface area contributed by atoms with Gasteiger partial charge < -0.3 is 0 Å². The highest BCUT2D eigenvalue weighted by Gasteiger charge is 1.97. The van der Waals surface area contributed by atoms with Crippen LogP contribution in [0, 0.1) is 6.07 Å². The molecule has 0 heterocycles. The monoisotopic (exact) mass is 177 g/mol. The van der Waals surface area contributed by atoms with Crippen LogP contribution in [0.4, 0.5) is 0 Å². The van der Waals surface area contributed by atoms with E-state index in [-0.39, 0.29) is 0 Å². The molecule has 0 N–H and O–H groups in total. The van der Waals surface area contributed by atoms with Crippen LogP contribution in [0.15, 0.2) is 54.6 Å². The summed E-state index contributed by atoms with van der Waals surface area (Å²) in [5.41, 5.74) is 0. The Morgan fingerprint density at radius 3 is 2.57 bits per heavy atom. The maximum atomic E-state index is 3.24. The first kappa shape index (κ1) is 7.57. The minimum atomic E-state index is 1.19. The third-order valence-electron chi connectivity index (χ3n) is 2.57. The maximum Gasteiger partial charge on any atom is -0.00987 e. The minimum Gasteiger partial charge on any atom is -0.0616 e. The van der Waals surface area contributed by atoms with Crippen molar-refractivity contribution in [3.05, 3.63) is 60.7 Å². The van der Waals surface area contributed by atoms with Crippen molar-refractivity contribution < 1.29 is 0 Å². The van der Waals surface area contributed by atoms with Crippen LogP contribution in [0.25, 0.3) is 21.5 Å². The molecule has 0 nitrogen and oxygen atoms in total. The van der Waals surface area contributed by atoms with Crippen molar-refractivity contribution in [2.75, 3.05) is 0 Å². The first-order chi connectivity index (χ1) is 6.95. The molecule has 0 unspecified atom stereocenters. The van der Waals surface area contributed by atoms with Gasteiger partial charge in [-0.1, -0.05) is 54.6 Å². The van der Waals surface area contributed by atoms with E-state index in [1.165, 1.54) is 21.5 Å². The predicted molar refractivity (Wildman–Crippen MR) is 60.3 cm³/mol. The topological polar surface area (TPSA) is 0 Å². The summed E-state index contributed by atoms with van der Waals surface area (Å²) in [7, 11) is 0. The van der Waals surface area contributed by atoms with Crippen LogP contribution in [0.1, 0.15) is 0 Å². The summed E-state index contributed by atoms with van der Waals surface area (Å²) in [5.74, 6) is 0. The second-order valence-corrected chi connectivity index (χ2v) is 3.42. The summed E-state index contributed by atoms with van der Waals surface area (Å²) < 4.78 is 0. The highest BCUT2D eigenvalue weighted by atomic mass is 14.0. The van der Waals surface area contributed by atoms with Crippen LogP contribution in [-0.2, 0) is 0 Å². The molecule has 0 bridgehead atoms. The molecular formula is C14H9. The summed E-state index contributed by atoms with van der Waals surface area (Å²) in [6.07, 6.45) is 0. The molecule has 0 heteroatoms. The molecule has 0 aliphatic carbocycles. The molecule has 1 radical (unpaired) electrons. The zero-order valence-corrected chi connectivity index (χ0v) is 7.70. The Kier molecular flexibility index (Phi) is 1.54. The fourth-order valence-electron chi connectivity index (χ4n) is 1.88. The van der Waals surface area contributed by atoms with Gasteiger partial charge in [-0.2, -0.15) is 0 Å². The molecule has 3 aromatic carbocycles. The van der Waals surface area contributed by atoms with Gasteiger partial charge in [-0.25, -0.2) is 0 Å². The summed E-state index contributed by atoms with van der Waals surface area (Å²) in [6.45, 7) is 0. The van der Waals surface area contributed by atoms with Gasteiger partial charge in [0.1, 0.15) is 0 Å². The van der Waals surface area contributed by atoms with Crippen LogP contribution in [0.2, 0.25) is 0 Å². The fourth-order valence-corrected chi connectivity index (χ4v) is 1.88. The van der Waals surface area contributed by atoms with E-state index in [0.717, 1.165) is 0 Å². The van der Waals surface area contributed by atoms with Crippen LogP contribution >= 0.6 is 0 Å². The van der Waals surface area contributed by atoms with Gasteiger partial charge in [0.15, 0.2) is 0 Å². The molecule has 14 heavy (non-hydrogen) atoms. The van der Waals surface area contributed by atoms with Crippen molar-refractivity contribution in [1.29, 1.82) is 0 Å². The van der Waals surface area contributed by atoms with Crippen LogP contribution < -0.4 is 0 Å². The lowest BCUT2D eigenvalue weighted by Gasteiger charge is -2.01. The van der Waals surface area contributed by atoms with Gasteiger partial charge in [-0.3, -0.25) is 0 Å². The molecule has 0 spiro atoms. The van der Waals surface area contributed by atoms with Crippen LogP contribution in [0.3, 0.4) is 0 Å². The average molecular weight is 177 g/mol. The predicted octanol–water partition coefficient (Wildman–Crippen LogP) is 3.79. The first-order valence-corrected chi connectivity index (χ1v) is 4.73. The molecule has 65 valence electrons. The van der Waals surface area contributed by atoms with Gasteiger partial charge >= 0.3 is 0 Å². The van der Waals surface area contributed by atoms with E-state index >= 15 is 0 Å². The molecule has 0 fully saturated rings. The molecule has 0 saturated carbocycles. The van der Waals surface area contributed by atoms with Crippen molar-refractivity contribution in [3.63, 3.8) is 0 Å². The quantitative estimate of drug-likeness (QED) is 0.458. The smallest absolute Gasteiger partial charge is 0.00987 e. The van der Waals surface area contributed by atoms with Gasteiger partial charge in [0, 0.05) is 0 Å². The average Bonchev–Trinajstić information content (AvgIpc) is 2.29. The number of hydrogen-bond acceptors (Lipinski definition) is 0. The van der Waals surface area contributed by atoms with Gasteiger partial charge in [0.25, 0.3) is 0 Å². The molecule has 3 rings (SSSR count). The normalized spacial score (nSPS) is 10.9. The number of hydrogen-bond donors (Lipinski definition) is 0. The Morgan fingerprint density at radius 2 is 1.57 bits per heavy atom. The third kappa shape index (κ3) is 1.01. The van der Waals surface area contributed by atoms with Crippen molar-refractivity contribution in [2.24, 2.45) is 0 Å². The molecule has 0 saturated heterocycles. The number of rotatable bonds is 0. The zero-order valence-electron chi connectivity index (χ0n) is 7.70. The zero-order chi connectivity index (χ0) is 9.38. The summed E-state index contributed by atoms with van der Waals surface area (Å²) >= 11 is 0. The van der Waals surface area contributed by atoms with Crippen molar-refractivity contribution in [3.8, 4) is 0 Å². The van der Waals surface area contributed by atoms with E-state index in [1.807, 2.05) is 12.1 Å². The summed E-state index contributed by atoms with van der Waals surface area (Å²) in [4.78, 5) is 0. The Morgan fingerprint density at radius 1 is 0.714 bits per heavy atom. The lowest BCUT2D eigenvalue weighted by Crippen LogP contribution is -1.75. The number of fused-ring (bicyclic) bond motifs is 3.